The van der Waals surface area contributed by atoms with Crippen LogP contribution in [0.4, 0.5) is 0 Å². The van der Waals surface area contributed by atoms with Crippen LogP contribution in [0.25, 0.3) is 0 Å². The third-order valence-electron chi connectivity index (χ3n) is 4.98. The van der Waals surface area contributed by atoms with Crippen molar-refractivity contribution in [1.82, 2.24) is 10.2 Å². The van der Waals surface area contributed by atoms with Crippen LogP contribution >= 0.6 is 23.2 Å². The predicted octanol–water partition coefficient (Wildman–Crippen LogP) is 4.85. The average molecular weight is 395 g/mol. The number of furan rings is 1. The van der Waals surface area contributed by atoms with Crippen molar-refractivity contribution in [3.8, 4) is 0 Å². The number of benzene rings is 1. The quantitative estimate of drug-likeness (QED) is 0.788. The van der Waals surface area contributed by atoms with E-state index in [1.165, 1.54) is 5.56 Å². The summed E-state index contributed by atoms with van der Waals surface area (Å²) in [6.45, 7) is 7.71. The van der Waals surface area contributed by atoms with Crippen molar-refractivity contribution in [1.29, 1.82) is 0 Å². The van der Waals surface area contributed by atoms with Gasteiger partial charge in [-0.05, 0) is 70.0 Å². The number of hydrogen-bond donors (Lipinski definition) is 1. The van der Waals surface area contributed by atoms with E-state index in [-0.39, 0.29) is 5.91 Å². The van der Waals surface area contributed by atoms with Gasteiger partial charge in [0.15, 0.2) is 0 Å². The highest BCUT2D eigenvalue weighted by atomic mass is 35.5. The summed E-state index contributed by atoms with van der Waals surface area (Å²) in [5, 5.41) is 3.88. The second kappa shape index (κ2) is 8.47. The van der Waals surface area contributed by atoms with E-state index >= 15 is 0 Å². The molecule has 1 amide bonds. The van der Waals surface area contributed by atoms with E-state index in [9.17, 15) is 4.79 Å². The van der Waals surface area contributed by atoms with Gasteiger partial charge in [0.05, 0.1) is 10.0 Å². The molecule has 0 radical (unpaired) electrons. The lowest BCUT2D eigenvalue weighted by molar-refractivity contribution is 0.0935. The molecule has 1 aromatic carbocycles. The van der Waals surface area contributed by atoms with Crippen LogP contribution in [0.5, 0.6) is 0 Å². The molecule has 2 heterocycles. The minimum atomic E-state index is -0.101. The van der Waals surface area contributed by atoms with Crippen molar-refractivity contribution < 1.29 is 9.21 Å². The number of nitrogens with zero attached hydrogens (tertiary/aromatic N) is 1. The van der Waals surface area contributed by atoms with Gasteiger partial charge in [-0.2, -0.15) is 0 Å². The first-order chi connectivity index (χ1) is 12.4. The maximum atomic E-state index is 12.3. The van der Waals surface area contributed by atoms with Gasteiger partial charge in [-0.3, -0.25) is 9.69 Å². The summed E-state index contributed by atoms with van der Waals surface area (Å²) in [6, 6.07) is 7.08. The van der Waals surface area contributed by atoms with E-state index in [0.29, 0.717) is 28.1 Å². The van der Waals surface area contributed by atoms with Crippen LogP contribution in [0.15, 0.2) is 28.7 Å². The number of rotatable bonds is 5. The molecule has 26 heavy (non-hydrogen) atoms. The summed E-state index contributed by atoms with van der Waals surface area (Å²) in [5.41, 5.74) is 1.82. The summed E-state index contributed by atoms with van der Waals surface area (Å²) in [4.78, 5) is 14.7. The van der Waals surface area contributed by atoms with Gasteiger partial charge in [0.1, 0.15) is 11.5 Å². The van der Waals surface area contributed by atoms with E-state index in [0.717, 1.165) is 44.0 Å². The lowest BCUT2D eigenvalue weighted by Gasteiger charge is -2.31. The second-order valence-corrected chi connectivity index (χ2v) is 7.81. The molecular formula is C20H24Cl2N2O2. The van der Waals surface area contributed by atoms with E-state index in [2.05, 4.69) is 16.3 Å². The Labute approximate surface area is 164 Å². The minimum absolute atomic E-state index is 0.101. The zero-order valence-corrected chi connectivity index (χ0v) is 16.7. The van der Waals surface area contributed by atoms with Gasteiger partial charge in [-0.15, -0.1) is 0 Å². The molecular weight excluding hydrogens is 371 g/mol. The normalized spacial score (nSPS) is 16.0. The first-order valence-corrected chi connectivity index (χ1v) is 9.69. The molecule has 6 heteroatoms. The molecule has 1 fully saturated rings. The molecule has 1 aliphatic heterocycles. The summed E-state index contributed by atoms with van der Waals surface area (Å²) < 4.78 is 5.61. The molecule has 0 saturated carbocycles. The molecule has 1 N–H and O–H groups in total. The fraction of sp³-hybridized carbons (Fsp3) is 0.450. The van der Waals surface area contributed by atoms with Crippen molar-refractivity contribution in [2.24, 2.45) is 5.92 Å². The molecule has 4 nitrogen and oxygen atoms in total. The Bertz CT molecular complexity index is 780. The van der Waals surface area contributed by atoms with Crippen molar-refractivity contribution >= 4 is 29.1 Å². The molecule has 2 aromatic rings. The number of likely N-dealkylation sites (tertiary alicyclic amines) is 1. The van der Waals surface area contributed by atoms with Crippen LogP contribution in [-0.4, -0.2) is 30.4 Å². The first kappa shape index (κ1) is 19.3. The second-order valence-electron chi connectivity index (χ2n) is 7.00. The Morgan fingerprint density at radius 2 is 1.92 bits per heavy atom. The maximum absolute atomic E-state index is 12.3. The summed E-state index contributed by atoms with van der Waals surface area (Å²) >= 11 is 11.9. The highest BCUT2D eigenvalue weighted by Gasteiger charge is 2.21. The monoisotopic (exact) mass is 394 g/mol. The summed E-state index contributed by atoms with van der Waals surface area (Å²) in [6.07, 6.45) is 2.16. The molecule has 0 bridgehead atoms. The first-order valence-electron chi connectivity index (χ1n) is 8.94. The van der Waals surface area contributed by atoms with Crippen LogP contribution in [0, 0.1) is 19.8 Å². The van der Waals surface area contributed by atoms with Crippen molar-refractivity contribution in [2.45, 2.75) is 33.2 Å². The standard InChI is InChI=1S/C20H24Cl2N2O2/c1-13-9-17(14(2)26-13)12-24-7-5-15(6-8-24)11-23-20(25)16-3-4-18(21)19(22)10-16/h3-4,9-10,15H,5-8,11-12H2,1-2H3,(H,23,25). The fourth-order valence-electron chi connectivity index (χ4n) is 3.41. The third kappa shape index (κ3) is 4.81. The van der Waals surface area contributed by atoms with E-state index < -0.39 is 0 Å². The highest BCUT2D eigenvalue weighted by Crippen LogP contribution is 2.23. The topological polar surface area (TPSA) is 45.5 Å². The smallest absolute Gasteiger partial charge is 0.251 e. The molecule has 3 rings (SSSR count). The van der Waals surface area contributed by atoms with Gasteiger partial charge in [-0.1, -0.05) is 23.2 Å². The van der Waals surface area contributed by atoms with Gasteiger partial charge < -0.3 is 9.73 Å². The molecule has 1 aliphatic rings. The number of amides is 1. The number of halogens is 2. The molecule has 0 spiro atoms. The van der Waals surface area contributed by atoms with E-state index in [1.54, 1.807) is 18.2 Å². The number of nitrogens with one attached hydrogen (secondary N) is 1. The van der Waals surface area contributed by atoms with Crippen molar-refractivity contribution in [3.05, 3.63) is 57.0 Å². The molecule has 0 unspecified atom stereocenters. The molecule has 1 saturated heterocycles. The van der Waals surface area contributed by atoms with Gasteiger partial charge in [0, 0.05) is 24.2 Å². The van der Waals surface area contributed by atoms with Gasteiger partial charge in [-0.25, -0.2) is 0 Å². The Balaban J connectivity index is 1.44. The number of carbonyl (C=O) groups is 1. The number of aryl methyl sites for hydroxylation is 2. The van der Waals surface area contributed by atoms with Crippen LogP contribution < -0.4 is 5.32 Å². The van der Waals surface area contributed by atoms with Crippen LogP contribution in [-0.2, 0) is 6.54 Å². The third-order valence-corrected chi connectivity index (χ3v) is 5.72. The summed E-state index contributed by atoms with van der Waals surface area (Å²) in [7, 11) is 0. The Morgan fingerprint density at radius 1 is 1.19 bits per heavy atom. The lowest BCUT2D eigenvalue weighted by atomic mass is 9.96. The average Bonchev–Trinajstić information content (AvgIpc) is 2.93. The number of carbonyl (C=O) groups excluding carboxylic acids is 1. The number of hydrogen-bond acceptors (Lipinski definition) is 3. The maximum Gasteiger partial charge on any atom is 0.251 e. The Morgan fingerprint density at radius 3 is 2.54 bits per heavy atom. The zero-order chi connectivity index (χ0) is 18.7. The predicted molar refractivity (Wildman–Crippen MR) is 105 cm³/mol. The van der Waals surface area contributed by atoms with Crippen molar-refractivity contribution in [2.75, 3.05) is 19.6 Å². The molecule has 1 aromatic heterocycles. The Kier molecular flexibility index (Phi) is 6.28. The fourth-order valence-corrected chi connectivity index (χ4v) is 3.70. The van der Waals surface area contributed by atoms with Gasteiger partial charge in [0.25, 0.3) is 5.91 Å². The SMILES string of the molecule is Cc1cc(CN2CCC(CNC(=O)c3ccc(Cl)c(Cl)c3)CC2)c(C)o1. The van der Waals surface area contributed by atoms with Crippen LogP contribution in [0.3, 0.4) is 0 Å². The minimum Gasteiger partial charge on any atom is -0.466 e. The largest absolute Gasteiger partial charge is 0.466 e. The van der Waals surface area contributed by atoms with E-state index in [4.69, 9.17) is 27.6 Å². The molecule has 0 aliphatic carbocycles. The number of piperidine rings is 1. The van der Waals surface area contributed by atoms with Gasteiger partial charge in [0.2, 0.25) is 0 Å². The van der Waals surface area contributed by atoms with Gasteiger partial charge >= 0.3 is 0 Å². The Hall–Kier alpha value is -1.49. The van der Waals surface area contributed by atoms with E-state index in [1.807, 2.05) is 13.8 Å². The molecule has 0 atom stereocenters. The van der Waals surface area contributed by atoms with Crippen LogP contribution in [0.2, 0.25) is 10.0 Å². The lowest BCUT2D eigenvalue weighted by Crippen LogP contribution is -2.38. The zero-order valence-electron chi connectivity index (χ0n) is 15.1. The van der Waals surface area contributed by atoms with Crippen LogP contribution in [0.1, 0.15) is 40.3 Å². The highest BCUT2D eigenvalue weighted by molar-refractivity contribution is 6.42. The molecule has 140 valence electrons. The van der Waals surface area contributed by atoms with Crippen molar-refractivity contribution in [3.63, 3.8) is 0 Å². The summed E-state index contributed by atoms with van der Waals surface area (Å²) in [5.74, 6) is 2.39.